The summed E-state index contributed by atoms with van der Waals surface area (Å²) in [6.45, 7) is 7.67. The van der Waals surface area contributed by atoms with E-state index in [1.165, 1.54) is 43.1 Å². The molecule has 0 aliphatic carbocycles. The van der Waals surface area contributed by atoms with Gasteiger partial charge in [-0.2, -0.15) is 0 Å². The van der Waals surface area contributed by atoms with E-state index in [2.05, 4.69) is 91.5 Å². The summed E-state index contributed by atoms with van der Waals surface area (Å²) in [6.07, 6.45) is 2.64. The lowest BCUT2D eigenvalue weighted by Crippen LogP contribution is -2.18. The number of allylic oxidation sites excluding steroid dienone is 1. The van der Waals surface area contributed by atoms with Crippen molar-refractivity contribution in [2.24, 2.45) is 0 Å². The van der Waals surface area contributed by atoms with Gasteiger partial charge in [0, 0.05) is 0 Å². The van der Waals surface area contributed by atoms with Crippen LogP contribution in [0.1, 0.15) is 25.0 Å². The standard InChI is InChI=1S/C32H26O/c1-4-7-20-10-11-25-16-23-12-13-24-17-26-14-21-8-5-6-9-22(21)15-27(26)18-28(24)29(23)19-30(25)31(20)32(2,3)33/h4-6,8-19,33H,1,7H2,2-3H3. The zero-order valence-corrected chi connectivity index (χ0v) is 19.0. The predicted molar refractivity (Wildman–Crippen MR) is 143 cm³/mol. The topological polar surface area (TPSA) is 20.2 Å². The van der Waals surface area contributed by atoms with Crippen LogP contribution in [0.3, 0.4) is 0 Å². The SMILES string of the molecule is C=CCc1ccc2cc3ccc4cc5cc6ccccc6cc5cc4c3cc2c1C(C)(C)O. The molecule has 0 atom stereocenters. The molecule has 0 unspecified atom stereocenters. The van der Waals surface area contributed by atoms with Crippen LogP contribution in [-0.2, 0) is 12.0 Å². The first-order chi connectivity index (χ1) is 15.9. The highest BCUT2D eigenvalue weighted by molar-refractivity contribution is 6.16. The van der Waals surface area contributed by atoms with E-state index in [0.717, 1.165) is 28.3 Å². The molecule has 0 fully saturated rings. The molecule has 0 saturated heterocycles. The van der Waals surface area contributed by atoms with E-state index < -0.39 is 5.60 Å². The third-order valence-corrected chi connectivity index (χ3v) is 6.86. The van der Waals surface area contributed by atoms with Gasteiger partial charge in [-0.25, -0.2) is 0 Å². The van der Waals surface area contributed by atoms with E-state index in [4.69, 9.17) is 0 Å². The third kappa shape index (κ3) is 3.20. The van der Waals surface area contributed by atoms with Crippen molar-refractivity contribution in [1.82, 2.24) is 0 Å². The molecule has 0 aromatic heterocycles. The first-order valence-corrected chi connectivity index (χ1v) is 11.5. The maximum absolute atomic E-state index is 11.1. The Morgan fingerprint density at radius 2 is 1.15 bits per heavy atom. The van der Waals surface area contributed by atoms with Crippen molar-refractivity contribution in [2.45, 2.75) is 25.9 Å². The Morgan fingerprint density at radius 3 is 1.79 bits per heavy atom. The molecule has 33 heavy (non-hydrogen) atoms. The van der Waals surface area contributed by atoms with Crippen LogP contribution < -0.4 is 0 Å². The molecule has 0 spiro atoms. The van der Waals surface area contributed by atoms with Crippen molar-refractivity contribution in [3.63, 3.8) is 0 Å². The lowest BCUT2D eigenvalue weighted by atomic mass is 9.85. The van der Waals surface area contributed by atoms with Crippen LogP contribution in [0.25, 0.3) is 53.9 Å². The fourth-order valence-corrected chi connectivity index (χ4v) is 5.41. The Labute approximate surface area is 193 Å². The average Bonchev–Trinajstić information content (AvgIpc) is 2.79. The summed E-state index contributed by atoms with van der Waals surface area (Å²) in [4.78, 5) is 0. The smallest absolute Gasteiger partial charge is 0.0849 e. The summed E-state index contributed by atoms with van der Waals surface area (Å²) < 4.78 is 0. The molecule has 0 aliphatic rings. The number of hydrogen-bond acceptors (Lipinski definition) is 1. The van der Waals surface area contributed by atoms with Gasteiger partial charge in [0.2, 0.25) is 0 Å². The Bertz CT molecular complexity index is 1730. The van der Waals surface area contributed by atoms with Crippen molar-refractivity contribution in [3.05, 3.63) is 109 Å². The predicted octanol–water partition coefficient (Wildman–Crippen LogP) is 8.41. The monoisotopic (exact) mass is 426 g/mol. The molecule has 0 radical (unpaired) electrons. The molecular weight excluding hydrogens is 400 g/mol. The molecule has 0 bridgehead atoms. The maximum Gasteiger partial charge on any atom is 0.0849 e. The fraction of sp³-hybridized carbons (Fsp3) is 0.125. The van der Waals surface area contributed by atoms with Crippen LogP contribution in [0.15, 0.2) is 97.6 Å². The van der Waals surface area contributed by atoms with Crippen molar-refractivity contribution >= 4 is 53.9 Å². The Hall–Kier alpha value is -3.68. The Morgan fingerprint density at radius 1 is 0.636 bits per heavy atom. The molecule has 1 heteroatoms. The van der Waals surface area contributed by atoms with Crippen LogP contribution >= 0.6 is 0 Å². The Kier molecular flexibility index (Phi) is 4.33. The van der Waals surface area contributed by atoms with E-state index in [9.17, 15) is 5.11 Å². The maximum atomic E-state index is 11.1. The Balaban J connectivity index is 1.73. The zero-order valence-electron chi connectivity index (χ0n) is 19.0. The van der Waals surface area contributed by atoms with Gasteiger partial charge in [-0.1, -0.05) is 54.6 Å². The van der Waals surface area contributed by atoms with Gasteiger partial charge in [0.25, 0.3) is 0 Å². The molecule has 1 N–H and O–H groups in total. The number of fused-ring (bicyclic) bond motifs is 6. The fourth-order valence-electron chi connectivity index (χ4n) is 5.41. The molecule has 0 saturated carbocycles. The largest absolute Gasteiger partial charge is 0.386 e. The summed E-state index contributed by atoms with van der Waals surface area (Å²) in [5.41, 5.74) is 1.17. The van der Waals surface area contributed by atoms with E-state index >= 15 is 0 Å². The quantitative estimate of drug-likeness (QED) is 0.171. The first-order valence-electron chi connectivity index (χ1n) is 11.5. The molecule has 160 valence electrons. The van der Waals surface area contributed by atoms with Crippen LogP contribution in [-0.4, -0.2) is 5.11 Å². The minimum absolute atomic E-state index is 0.737. The van der Waals surface area contributed by atoms with Gasteiger partial charge in [-0.05, 0) is 122 Å². The lowest BCUT2D eigenvalue weighted by molar-refractivity contribution is 0.0794. The lowest BCUT2D eigenvalue weighted by Gasteiger charge is -2.24. The van der Waals surface area contributed by atoms with Crippen molar-refractivity contribution in [2.75, 3.05) is 0 Å². The highest BCUT2D eigenvalue weighted by Crippen LogP contribution is 2.38. The van der Waals surface area contributed by atoms with Gasteiger partial charge < -0.3 is 5.11 Å². The number of hydrogen-bond donors (Lipinski definition) is 1. The molecule has 6 aromatic carbocycles. The number of aliphatic hydroxyl groups is 1. The van der Waals surface area contributed by atoms with E-state index in [-0.39, 0.29) is 0 Å². The van der Waals surface area contributed by atoms with Crippen molar-refractivity contribution in [1.29, 1.82) is 0 Å². The summed E-state index contributed by atoms with van der Waals surface area (Å²) in [6, 6.07) is 31.0. The van der Waals surface area contributed by atoms with Crippen molar-refractivity contribution in [3.8, 4) is 0 Å². The minimum atomic E-state index is -0.943. The van der Waals surface area contributed by atoms with Gasteiger partial charge in [0.15, 0.2) is 0 Å². The van der Waals surface area contributed by atoms with Crippen molar-refractivity contribution < 1.29 is 5.11 Å². The zero-order chi connectivity index (χ0) is 22.7. The van der Waals surface area contributed by atoms with Gasteiger partial charge in [0.05, 0.1) is 5.60 Å². The summed E-state index contributed by atoms with van der Waals surface area (Å²) in [7, 11) is 0. The third-order valence-electron chi connectivity index (χ3n) is 6.86. The van der Waals surface area contributed by atoms with E-state index in [0.29, 0.717) is 0 Å². The minimum Gasteiger partial charge on any atom is -0.386 e. The summed E-state index contributed by atoms with van der Waals surface area (Å²) >= 11 is 0. The molecule has 1 nitrogen and oxygen atoms in total. The second kappa shape index (κ2) is 7.16. The van der Waals surface area contributed by atoms with Gasteiger partial charge >= 0.3 is 0 Å². The van der Waals surface area contributed by atoms with Crippen LogP contribution in [0, 0.1) is 0 Å². The molecular formula is C32H26O. The number of rotatable bonds is 3. The highest BCUT2D eigenvalue weighted by atomic mass is 16.3. The molecule has 6 aromatic rings. The number of benzene rings is 6. The normalized spacial score (nSPS) is 12.3. The second-order valence-corrected chi connectivity index (χ2v) is 9.63. The second-order valence-electron chi connectivity index (χ2n) is 9.63. The van der Waals surface area contributed by atoms with E-state index in [1.54, 1.807) is 0 Å². The molecule has 0 aliphatic heterocycles. The van der Waals surface area contributed by atoms with Crippen LogP contribution in [0.2, 0.25) is 0 Å². The van der Waals surface area contributed by atoms with Gasteiger partial charge in [0.1, 0.15) is 0 Å². The first kappa shape index (κ1) is 20.0. The molecule has 6 rings (SSSR count). The highest BCUT2D eigenvalue weighted by Gasteiger charge is 2.23. The van der Waals surface area contributed by atoms with Crippen LogP contribution in [0.5, 0.6) is 0 Å². The van der Waals surface area contributed by atoms with Gasteiger partial charge in [-0.3, -0.25) is 0 Å². The van der Waals surface area contributed by atoms with E-state index in [1.807, 2.05) is 19.9 Å². The average molecular weight is 427 g/mol. The molecule has 0 amide bonds. The summed E-state index contributed by atoms with van der Waals surface area (Å²) in [5.74, 6) is 0. The van der Waals surface area contributed by atoms with Crippen LogP contribution in [0.4, 0.5) is 0 Å². The molecule has 0 heterocycles. The van der Waals surface area contributed by atoms with Gasteiger partial charge in [-0.15, -0.1) is 6.58 Å². The summed E-state index contributed by atoms with van der Waals surface area (Å²) in [5, 5.41) is 23.3.